The van der Waals surface area contributed by atoms with Crippen molar-refractivity contribution in [1.29, 1.82) is 0 Å². The third kappa shape index (κ3) is 5.37. The summed E-state index contributed by atoms with van der Waals surface area (Å²) >= 11 is 0. The molecule has 4 nitrogen and oxygen atoms in total. The molecule has 0 saturated carbocycles. The van der Waals surface area contributed by atoms with Gasteiger partial charge < -0.3 is 0 Å². The van der Waals surface area contributed by atoms with E-state index >= 15 is 0 Å². The first kappa shape index (κ1) is 22.5. The summed E-state index contributed by atoms with van der Waals surface area (Å²) in [6.07, 6.45) is 3.01. The average molecular weight is 421 g/mol. The predicted octanol–water partition coefficient (Wildman–Crippen LogP) is 5.01. The van der Waals surface area contributed by atoms with E-state index in [1.807, 2.05) is 30.3 Å². The van der Waals surface area contributed by atoms with Gasteiger partial charge in [-0.2, -0.15) is 0 Å². The first-order valence-corrected chi connectivity index (χ1v) is 10.9. The molecule has 1 aliphatic rings. The first-order valence-electron chi connectivity index (χ1n) is 9.45. The van der Waals surface area contributed by atoms with Crippen molar-refractivity contribution in [2.45, 2.75) is 37.0 Å². The molecule has 1 saturated heterocycles. The van der Waals surface area contributed by atoms with E-state index in [0.717, 1.165) is 31.6 Å². The topological polar surface area (TPSA) is 49.4 Å². The zero-order valence-corrected chi connectivity index (χ0v) is 18.1. The van der Waals surface area contributed by atoms with Gasteiger partial charge in [-0.15, -0.1) is 19.0 Å². The second kappa shape index (κ2) is 9.59. The van der Waals surface area contributed by atoms with Crippen LogP contribution in [0.3, 0.4) is 0 Å². The molecule has 1 atom stereocenters. The fraction of sp³-hybridized carbons (Fsp3) is 0.364. The summed E-state index contributed by atoms with van der Waals surface area (Å²) in [4.78, 5) is 2.65. The monoisotopic (exact) mass is 420 g/mol. The maximum absolute atomic E-state index is 12.7. The summed E-state index contributed by atoms with van der Waals surface area (Å²) in [5.74, 6) is 0.804. The minimum absolute atomic E-state index is 0. The zero-order chi connectivity index (χ0) is 19.4. The molecule has 3 rings (SSSR count). The van der Waals surface area contributed by atoms with E-state index in [0.29, 0.717) is 17.5 Å². The van der Waals surface area contributed by atoms with Crippen LogP contribution in [0.15, 0.2) is 66.1 Å². The highest BCUT2D eigenvalue weighted by atomic mass is 35.5. The van der Waals surface area contributed by atoms with Gasteiger partial charge >= 0.3 is 0 Å². The van der Waals surface area contributed by atoms with Gasteiger partial charge in [-0.3, -0.25) is 9.62 Å². The summed E-state index contributed by atoms with van der Waals surface area (Å²) < 4.78 is 28.2. The highest BCUT2D eigenvalue weighted by molar-refractivity contribution is 7.92. The molecular formula is C22H29ClN2O2S. The summed E-state index contributed by atoms with van der Waals surface area (Å²) in [7, 11) is -3.59. The first-order chi connectivity index (χ1) is 12.9. The lowest BCUT2D eigenvalue weighted by atomic mass is 9.98. The molecule has 1 heterocycles. The Bertz CT molecular complexity index is 895. The van der Waals surface area contributed by atoms with Crippen LogP contribution in [0.2, 0.25) is 0 Å². The molecule has 0 amide bonds. The molecule has 1 unspecified atom stereocenters. The minimum atomic E-state index is -3.59. The summed E-state index contributed by atoms with van der Waals surface area (Å²) in [5, 5.41) is 0. The fourth-order valence-corrected chi connectivity index (χ4v) is 4.60. The number of sulfonamides is 1. The molecule has 0 radical (unpaired) electrons. The Kier molecular flexibility index (Phi) is 7.70. The molecule has 0 bridgehead atoms. The number of nitrogens with one attached hydrogen (secondary N) is 1. The van der Waals surface area contributed by atoms with E-state index in [1.165, 1.54) is 5.56 Å². The molecule has 152 valence electrons. The van der Waals surface area contributed by atoms with Crippen LogP contribution in [0, 0.1) is 0 Å². The number of hydrogen-bond donors (Lipinski definition) is 1. The van der Waals surface area contributed by atoms with E-state index in [1.54, 1.807) is 18.2 Å². The van der Waals surface area contributed by atoms with Gasteiger partial charge in [0, 0.05) is 18.8 Å². The molecule has 6 heteroatoms. The van der Waals surface area contributed by atoms with Crippen molar-refractivity contribution in [1.82, 2.24) is 4.90 Å². The van der Waals surface area contributed by atoms with Crippen molar-refractivity contribution in [2.24, 2.45) is 0 Å². The average Bonchev–Trinajstić information content (AvgIpc) is 3.11. The van der Waals surface area contributed by atoms with Crippen molar-refractivity contribution in [2.75, 3.05) is 24.4 Å². The molecule has 2 aromatic carbocycles. The molecular weight excluding hydrogens is 392 g/mol. The van der Waals surface area contributed by atoms with Gasteiger partial charge in [0.1, 0.15) is 0 Å². The van der Waals surface area contributed by atoms with Crippen molar-refractivity contribution in [3.63, 3.8) is 0 Å². The fourth-order valence-electron chi connectivity index (χ4n) is 3.56. The lowest BCUT2D eigenvalue weighted by molar-refractivity contribution is 0.372. The van der Waals surface area contributed by atoms with Crippen molar-refractivity contribution in [3.8, 4) is 0 Å². The minimum Gasteiger partial charge on any atom is -0.299 e. The largest absolute Gasteiger partial charge is 0.299 e. The Morgan fingerprint density at radius 3 is 2.57 bits per heavy atom. The number of nitrogens with zero attached hydrogens (tertiary/aromatic N) is 1. The Hall–Kier alpha value is -1.82. The maximum atomic E-state index is 12.7. The van der Waals surface area contributed by atoms with Crippen LogP contribution in [0.1, 0.15) is 43.2 Å². The molecule has 1 aliphatic heterocycles. The van der Waals surface area contributed by atoms with E-state index in [-0.39, 0.29) is 17.3 Å². The number of benzene rings is 2. The lowest BCUT2D eigenvalue weighted by Gasteiger charge is -2.15. The van der Waals surface area contributed by atoms with E-state index in [2.05, 4.69) is 36.1 Å². The zero-order valence-electron chi connectivity index (χ0n) is 16.5. The second-order valence-electron chi connectivity index (χ2n) is 7.49. The van der Waals surface area contributed by atoms with Crippen LogP contribution in [0.5, 0.6) is 0 Å². The highest BCUT2D eigenvalue weighted by Crippen LogP contribution is 2.29. The number of likely N-dealkylation sites (tertiary alicyclic amines) is 1. The Morgan fingerprint density at radius 2 is 1.93 bits per heavy atom. The van der Waals surface area contributed by atoms with Gasteiger partial charge in [-0.1, -0.05) is 44.2 Å². The van der Waals surface area contributed by atoms with Gasteiger partial charge in [-0.05, 0) is 60.2 Å². The van der Waals surface area contributed by atoms with Crippen LogP contribution < -0.4 is 4.72 Å². The highest BCUT2D eigenvalue weighted by Gasteiger charge is 2.23. The normalized spacial score (nSPS) is 17.3. The van der Waals surface area contributed by atoms with Crippen LogP contribution in [0.4, 0.5) is 5.69 Å². The van der Waals surface area contributed by atoms with E-state index in [9.17, 15) is 8.42 Å². The molecule has 1 fully saturated rings. The molecule has 0 spiro atoms. The number of hydrogen-bond acceptors (Lipinski definition) is 3. The van der Waals surface area contributed by atoms with Crippen molar-refractivity contribution < 1.29 is 8.42 Å². The smallest absolute Gasteiger partial charge is 0.261 e. The standard InChI is InChI=1S/C22H28N2O2S.ClH/c1-4-13-24-14-12-20(16-24)19-6-5-7-21(15-19)23-27(25,26)22-10-8-18(9-11-22)17(2)3;/h4-11,15,17,20,23H,1,12-14,16H2,2-3H3;1H. The van der Waals surface area contributed by atoms with E-state index in [4.69, 9.17) is 0 Å². The summed E-state index contributed by atoms with van der Waals surface area (Å²) in [6, 6.07) is 14.9. The van der Waals surface area contributed by atoms with Crippen LogP contribution in [-0.2, 0) is 10.0 Å². The number of halogens is 1. The van der Waals surface area contributed by atoms with Crippen molar-refractivity contribution >= 4 is 28.1 Å². The summed E-state index contributed by atoms with van der Waals surface area (Å²) in [5.41, 5.74) is 2.92. The quantitative estimate of drug-likeness (QED) is 0.640. The third-order valence-electron chi connectivity index (χ3n) is 5.13. The Morgan fingerprint density at radius 1 is 1.21 bits per heavy atom. The van der Waals surface area contributed by atoms with Gasteiger partial charge in [0.2, 0.25) is 0 Å². The SMILES string of the molecule is C=CCN1CCC(c2cccc(NS(=O)(=O)c3ccc(C(C)C)cc3)c2)C1.Cl. The van der Waals surface area contributed by atoms with Gasteiger partial charge in [-0.25, -0.2) is 8.42 Å². The lowest BCUT2D eigenvalue weighted by Crippen LogP contribution is -2.20. The summed E-state index contributed by atoms with van der Waals surface area (Å²) in [6.45, 7) is 10.9. The van der Waals surface area contributed by atoms with Crippen LogP contribution in [0.25, 0.3) is 0 Å². The predicted molar refractivity (Wildman–Crippen MR) is 119 cm³/mol. The van der Waals surface area contributed by atoms with Gasteiger partial charge in [0.25, 0.3) is 10.0 Å². The second-order valence-corrected chi connectivity index (χ2v) is 9.17. The van der Waals surface area contributed by atoms with Gasteiger partial charge in [0.05, 0.1) is 4.90 Å². The van der Waals surface area contributed by atoms with Crippen molar-refractivity contribution in [3.05, 3.63) is 72.3 Å². The molecule has 2 aromatic rings. The molecule has 0 aliphatic carbocycles. The number of rotatable bonds is 7. The molecule has 28 heavy (non-hydrogen) atoms. The van der Waals surface area contributed by atoms with E-state index < -0.39 is 10.0 Å². The molecule has 1 N–H and O–H groups in total. The van der Waals surface area contributed by atoms with Gasteiger partial charge in [0.15, 0.2) is 0 Å². The third-order valence-corrected chi connectivity index (χ3v) is 6.52. The Labute approximate surface area is 175 Å². The molecule has 0 aromatic heterocycles. The number of anilines is 1. The van der Waals surface area contributed by atoms with Crippen LogP contribution >= 0.6 is 12.4 Å². The Balaban J connectivity index is 0.00000280. The maximum Gasteiger partial charge on any atom is 0.261 e. The van der Waals surface area contributed by atoms with Crippen LogP contribution in [-0.4, -0.2) is 33.0 Å².